The first-order valence-electron chi connectivity index (χ1n) is 11.9. The van der Waals surface area contributed by atoms with Gasteiger partial charge in [-0.05, 0) is 66.4 Å². The standard InChI is InChI=1S/C27H27N3O5S2/c1-30(2)37(34,35)23-14-12-22(13-15-23)36(32,33)29-20-10-8-18(9-11-20)25-16-21(17-27(31)19-6-7-19)28-26-5-3-4-24(25)26/h3-4,8-16,19,29H,5-7,17H2,1-2H3. The number of rotatable bonds is 9. The van der Waals surface area contributed by atoms with Gasteiger partial charge in [0.15, 0.2) is 0 Å². The van der Waals surface area contributed by atoms with Gasteiger partial charge in [-0.1, -0.05) is 24.3 Å². The Labute approximate surface area is 217 Å². The van der Waals surface area contributed by atoms with Gasteiger partial charge >= 0.3 is 0 Å². The molecule has 5 rings (SSSR count). The maximum absolute atomic E-state index is 12.9. The number of nitrogens with one attached hydrogen (secondary N) is 1. The molecule has 2 aromatic carbocycles. The molecule has 3 aromatic rings. The van der Waals surface area contributed by atoms with Crippen LogP contribution in [0.15, 0.2) is 70.5 Å². The quantitative estimate of drug-likeness (QED) is 0.443. The van der Waals surface area contributed by atoms with Crippen LogP contribution in [0.1, 0.15) is 29.8 Å². The summed E-state index contributed by atoms with van der Waals surface area (Å²) in [7, 11) is -4.75. The summed E-state index contributed by atoms with van der Waals surface area (Å²) >= 11 is 0. The molecular formula is C27H27N3O5S2. The molecule has 0 aliphatic heterocycles. The number of hydrogen-bond acceptors (Lipinski definition) is 6. The van der Waals surface area contributed by atoms with E-state index in [4.69, 9.17) is 4.98 Å². The number of fused-ring (bicyclic) bond motifs is 1. The van der Waals surface area contributed by atoms with Gasteiger partial charge in [-0.25, -0.2) is 21.1 Å². The van der Waals surface area contributed by atoms with E-state index >= 15 is 0 Å². The first-order chi connectivity index (χ1) is 17.5. The molecule has 0 spiro atoms. The Morgan fingerprint density at radius 2 is 1.62 bits per heavy atom. The third-order valence-electron chi connectivity index (χ3n) is 6.54. The summed E-state index contributed by atoms with van der Waals surface area (Å²) < 4.78 is 53.9. The summed E-state index contributed by atoms with van der Waals surface area (Å²) in [5, 5.41) is 0. The van der Waals surface area contributed by atoms with Crippen LogP contribution in [0.25, 0.3) is 17.2 Å². The van der Waals surface area contributed by atoms with Crippen LogP contribution in [0, 0.1) is 5.92 Å². The zero-order valence-electron chi connectivity index (χ0n) is 20.5. The predicted octanol–water partition coefficient (Wildman–Crippen LogP) is 3.89. The molecule has 8 nitrogen and oxygen atoms in total. The summed E-state index contributed by atoms with van der Waals surface area (Å²) in [5.74, 6) is 0.416. The van der Waals surface area contributed by atoms with Crippen molar-refractivity contribution in [1.82, 2.24) is 9.29 Å². The lowest BCUT2D eigenvalue weighted by molar-refractivity contribution is -0.119. The van der Waals surface area contributed by atoms with E-state index in [-0.39, 0.29) is 21.5 Å². The van der Waals surface area contributed by atoms with Crippen molar-refractivity contribution in [3.8, 4) is 11.1 Å². The fourth-order valence-corrected chi connectivity index (χ4v) is 6.25. The minimum atomic E-state index is -3.92. The van der Waals surface area contributed by atoms with Crippen LogP contribution < -0.4 is 4.72 Å². The highest BCUT2D eigenvalue weighted by atomic mass is 32.2. The minimum Gasteiger partial charge on any atom is -0.299 e. The summed E-state index contributed by atoms with van der Waals surface area (Å²) in [6.07, 6.45) is 7.06. The van der Waals surface area contributed by atoms with Crippen LogP contribution in [0.2, 0.25) is 0 Å². The van der Waals surface area contributed by atoms with E-state index < -0.39 is 20.0 Å². The molecule has 1 heterocycles. The number of carbonyl (C=O) groups excluding carboxylic acids is 1. The van der Waals surface area contributed by atoms with Gasteiger partial charge in [-0.3, -0.25) is 14.5 Å². The number of benzene rings is 2. The molecule has 0 amide bonds. The molecule has 0 bridgehead atoms. The van der Waals surface area contributed by atoms with Crippen LogP contribution in [0.3, 0.4) is 0 Å². The van der Waals surface area contributed by atoms with Crippen LogP contribution in [0.5, 0.6) is 0 Å². The molecule has 0 atom stereocenters. The SMILES string of the molecule is CN(C)S(=O)(=O)c1ccc(S(=O)(=O)Nc2ccc(-c3cc(CC(=O)C4CC4)nc4c3C=CC4)cc2)cc1. The van der Waals surface area contributed by atoms with E-state index in [0.29, 0.717) is 12.1 Å². The van der Waals surface area contributed by atoms with Gasteiger partial charge in [-0.2, -0.15) is 0 Å². The number of pyridine rings is 1. The number of anilines is 1. The largest absolute Gasteiger partial charge is 0.299 e. The number of carbonyl (C=O) groups is 1. The molecule has 1 aromatic heterocycles. The van der Waals surface area contributed by atoms with E-state index in [9.17, 15) is 21.6 Å². The smallest absolute Gasteiger partial charge is 0.261 e. The fourth-order valence-electron chi connectivity index (χ4n) is 4.29. The number of nitrogens with zero attached hydrogens (tertiary/aromatic N) is 2. The zero-order chi connectivity index (χ0) is 26.4. The molecule has 0 saturated heterocycles. The zero-order valence-corrected chi connectivity index (χ0v) is 22.1. The van der Waals surface area contributed by atoms with E-state index in [0.717, 1.165) is 51.6 Å². The molecule has 10 heteroatoms. The molecule has 37 heavy (non-hydrogen) atoms. The van der Waals surface area contributed by atoms with Crippen molar-refractivity contribution in [2.75, 3.05) is 18.8 Å². The number of ketones is 1. The van der Waals surface area contributed by atoms with Gasteiger partial charge in [0.2, 0.25) is 10.0 Å². The maximum Gasteiger partial charge on any atom is 0.261 e. The van der Waals surface area contributed by atoms with Gasteiger partial charge in [0.05, 0.1) is 15.5 Å². The predicted molar refractivity (Wildman–Crippen MR) is 142 cm³/mol. The molecule has 1 saturated carbocycles. The summed E-state index contributed by atoms with van der Waals surface area (Å²) in [5.41, 5.74) is 4.96. The van der Waals surface area contributed by atoms with Crippen molar-refractivity contribution < 1.29 is 21.6 Å². The van der Waals surface area contributed by atoms with Gasteiger partial charge < -0.3 is 0 Å². The average Bonchev–Trinajstić information content (AvgIpc) is 3.62. The molecule has 1 N–H and O–H groups in total. The first kappa shape index (κ1) is 25.3. The second-order valence-corrected chi connectivity index (χ2v) is 13.3. The van der Waals surface area contributed by atoms with E-state index in [2.05, 4.69) is 4.72 Å². The summed E-state index contributed by atoms with van der Waals surface area (Å²) in [6, 6.07) is 14.1. The Bertz CT molecular complexity index is 1610. The molecule has 2 aliphatic rings. The molecule has 0 radical (unpaired) electrons. The van der Waals surface area contributed by atoms with Gasteiger partial charge in [0, 0.05) is 49.8 Å². The third kappa shape index (κ3) is 5.22. The Morgan fingerprint density at radius 1 is 0.973 bits per heavy atom. The summed E-state index contributed by atoms with van der Waals surface area (Å²) in [4.78, 5) is 17.0. The minimum absolute atomic E-state index is 0.0120. The van der Waals surface area contributed by atoms with Crippen LogP contribution in [0.4, 0.5) is 5.69 Å². The number of hydrogen-bond donors (Lipinski definition) is 1. The lowest BCUT2D eigenvalue weighted by Gasteiger charge is -2.13. The second-order valence-electron chi connectivity index (χ2n) is 9.49. The first-order valence-corrected chi connectivity index (χ1v) is 14.8. The van der Waals surface area contributed by atoms with Crippen LogP contribution in [-0.2, 0) is 37.7 Å². The lowest BCUT2D eigenvalue weighted by atomic mass is 9.97. The molecule has 0 unspecified atom stereocenters. The molecule has 1 fully saturated rings. The van der Waals surface area contributed by atoms with Crippen molar-refractivity contribution in [3.05, 3.63) is 77.6 Å². The van der Waals surface area contributed by atoms with Crippen molar-refractivity contribution in [2.45, 2.75) is 35.5 Å². The molecular weight excluding hydrogens is 510 g/mol. The number of aromatic nitrogens is 1. The normalized spacial score (nSPS) is 15.1. The number of allylic oxidation sites excluding steroid dienone is 1. The Kier molecular flexibility index (Phi) is 6.51. The van der Waals surface area contributed by atoms with Crippen molar-refractivity contribution in [2.24, 2.45) is 5.92 Å². The topological polar surface area (TPSA) is 114 Å². The highest BCUT2D eigenvalue weighted by molar-refractivity contribution is 7.92. The fraction of sp³-hybridized carbons (Fsp3) is 0.259. The van der Waals surface area contributed by atoms with Crippen LogP contribution >= 0.6 is 0 Å². The molecule has 2 aliphatic carbocycles. The van der Waals surface area contributed by atoms with Crippen LogP contribution in [-0.4, -0.2) is 46.0 Å². The van der Waals surface area contributed by atoms with Gasteiger partial charge in [-0.15, -0.1) is 0 Å². The van der Waals surface area contributed by atoms with E-state index in [1.807, 2.05) is 30.4 Å². The second kappa shape index (κ2) is 9.51. The average molecular weight is 538 g/mol. The van der Waals surface area contributed by atoms with E-state index in [1.54, 1.807) is 12.1 Å². The van der Waals surface area contributed by atoms with Crippen molar-refractivity contribution in [1.29, 1.82) is 0 Å². The maximum atomic E-state index is 12.9. The molecule has 192 valence electrons. The van der Waals surface area contributed by atoms with Gasteiger partial charge in [0.1, 0.15) is 5.78 Å². The van der Waals surface area contributed by atoms with Crippen molar-refractivity contribution in [3.63, 3.8) is 0 Å². The Balaban J connectivity index is 1.37. The summed E-state index contributed by atoms with van der Waals surface area (Å²) in [6.45, 7) is 0. The van der Waals surface area contributed by atoms with Gasteiger partial charge in [0.25, 0.3) is 10.0 Å². The highest BCUT2D eigenvalue weighted by Crippen LogP contribution is 2.34. The highest BCUT2D eigenvalue weighted by Gasteiger charge is 2.30. The number of sulfonamides is 2. The third-order valence-corrected chi connectivity index (χ3v) is 9.76. The Morgan fingerprint density at radius 3 is 2.24 bits per heavy atom. The number of Topliss-reactive ketones (excluding diaryl/α,β-unsaturated/α-hetero) is 1. The lowest BCUT2D eigenvalue weighted by Crippen LogP contribution is -2.22. The monoisotopic (exact) mass is 537 g/mol. The van der Waals surface area contributed by atoms with Crippen molar-refractivity contribution >= 4 is 37.6 Å². The Hall–Kier alpha value is -3.34. The van der Waals surface area contributed by atoms with E-state index in [1.165, 1.54) is 38.4 Å².